The van der Waals surface area contributed by atoms with Crippen LogP contribution in [0.2, 0.25) is 0 Å². The van der Waals surface area contributed by atoms with Gasteiger partial charge in [-0.15, -0.1) is 0 Å². The van der Waals surface area contributed by atoms with E-state index in [-0.39, 0.29) is 0 Å². The van der Waals surface area contributed by atoms with Crippen molar-refractivity contribution in [1.29, 1.82) is 0 Å². The van der Waals surface area contributed by atoms with Crippen LogP contribution in [0, 0.1) is 5.92 Å². The molecule has 0 fully saturated rings. The number of hydrogen-bond acceptors (Lipinski definition) is 2. The number of carbonyl (C=O) groups is 1. The minimum atomic E-state index is -0.970. The molecule has 0 amide bonds. The maximum absolute atomic E-state index is 10.5. The number of rotatable bonds is 6. The second-order valence-electron chi connectivity index (χ2n) is 4.15. The summed E-state index contributed by atoms with van der Waals surface area (Å²) in [7, 11) is 0. The molecule has 0 saturated carbocycles. The normalized spacial score (nSPS) is 12.6. The van der Waals surface area contributed by atoms with Crippen molar-refractivity contribution < 1.29 is 14.6 Å². The number of hydrogen-bond donors (Lipinski definition) is 1. The van der Waals surface area contributed by atoms with Crippen LogP contribution in [-0.2, 0) is 4.79 Å². The number of ether oxygens (including phenoxy) is 1. The van der Waals surface area contributed by atoms with Crippen molar-refractivity contribution in [3.63, 3.8) is 0 Å². The van der Waals surface area contributed by atoms with Crippen molar-refractivity contribution in [3.05, 3.63) is 34.3 Å². The molecule has 18 heavy (non-hydrogen) atoms. The summed E-state index contributed by atoms with van der Waals surface area (Å²) in [5, 5.41) is 8.65. The lowest BCUT2D eigenvalue weighted by atomic mass is 10.1. The molecule has 0 aliphatic rings. The molecule has 0 spiro atoms. The highest BCUT2D eigenvalue weighted by atomic mass is 79.9. The molecule has 0 heterocycles. The molecular formula is C14H17BrO3. The fraction of sp³-hybridized carbons (Fsp3) is 0.357. The zero-order valence-electron chi connectivity index (χ0n) is 10.5. The van der Waals surface area contributed by atoms with Gasteiger partial charge in [0, 0.05) is 11.6 Å². The van der Waals surface area contributed by atoms with Gasteiger partial charge in [0.05, 0.1) is 11.1 Å². The number of halogens is 1. The SMILES string of the molecule is CCC(C)COc1c(Br)cccc1C=CC(=O)O. The average molecular weight is 313 g/mol. The fourth-order valence-electron chi connectivity index (χ4n) is 1.31. The molecule has 98 valence electrons. The standard InChI is InChI=1S/C14H17BrO3/c1-3-10(2)9-18-14-11(7-8-13(16)17)5-4-6-12(14)15/h4-8,10H,3,9H2,1-2H3,(H,16,17). The van der Waals surface area contributed by atoms with Crippen molar-refractivity contribution in [2.45, 2.75) is 20.3 Å². The predicted octanol–water partition coefficient (Wildman–Crippen LogP) is 3.97. The van der Waals surface area contributed by atoms with E-state index in [1.165, 1.54) is 0 Å². The van der Waals surface area contributed by atoms with Crippen LogP contribution in [0.5, 0.6) is 5.75 Å². The summed E-state index contributed by atoms with van der Waals surface area (Å²) in [4.78, 5) is 10.5. The molecule has 0 bridgehead atoms. The van der Waals surface area contributed by atoms with Crippen LogP contribution in [0.4, 0.5) is 0 Å². The Morgan fingerprint density at radius 3 is 2.89 bits per heavy atom. The van der Waals surface area contributed by atoms with E-state index in [1.807, 2.05) is 18.2 Å². The van der Waals surface area contributed by atoms with Crippen LogP contribution in [0.15, 0.2) is 28.7 Å². The number of benzene rings is 1. The van der Waals surface area contributed by atoms with E-state index in [0.717, 1.165) is 22.5 Å². The zero-order chi connectivity index (χ0) is 13.5. The van der Waals surface area contributed by atoms with Gasteiger partial charge in [0.1, 0.15) is 5.75 Å². The van der Waals surface area contributed by atoms with Gasteiger partial charge >= 0.3 is 5.97 Å². The van der Waals surface area contributed by atoms with Crippen LogP contribution in [0.3, 0.4) is 0 Å². The zero-order valence-corrected chi connectivity index (χ0v) is 12.1. The maximum Gasteiger partial charge on any atom is 0.328 e. The monoisotopic (exact) mass is 312 g/mol. The Morgan fingerprint density at radius 1 is 1.56 bits per heavy atom. The Bertz CT molecular complexity index is 441. The highest BCUT2D eigenvalue weighted by molar-refractivity contribution is 9.10. The summed E-state index contributed by atoms with van der Waals surface area (Å²) in [5.41, 5.74) is 0.759. The Labute approximate surface area is 116 Å². The van der Waals surface area contributed by atoms with E-state index in [2.05, 4.69) is 29.8 Å². The van der Waals surface area contributed by atoms with Crippen molar-refractivity contribution in [2.75, 3.05) is 6.61 Å². The third kappa shape index (κ3) is 4.53. The number of para-hydroxylation sites is 1. The molecule has 1 aromatic rings. The Balaban J connectivity index is 2.90. The molecule has 1 rings (SSSR count). The van der Waals surface area contributed by atoms with Gasteiger partial charge < -0.3 is 9.84 Å². The number of aliphatic carboxylic acids is 1. The Hall–Kier alpha value is -1.29. The lowest BCUT2D eigenvalue weighted by Crippen LogP contribution is -2.08. The third-order valence-corrected chi connectivity index (χ3v) is 3.24. The number of carboxylic acid groups (broad SMARTS) is 1. The first kappa shape index (κ1) is 14.8. The second kappa shape index (κ2) is 7.21. The highest BCUT2D eigenvalue weighted by Gasteiger charge is 2.08. The van der Waals surface area contributed by atoms with Crippen molar-refractivity contribution in [1.82, 2.24) is 0 Å². The summed E-state index contributed by atoms with van der Waals surface area (Å²) < 4.78 is 6.59. The van der Waals surface area contributed by atoms with E-state index in [9.17, 15) is 4.79 Å². The van der Waals surface area contributed by atoms with E-state index >= 15 is 0 Å². The van der Waals surface area contributed by atoms with Gasteiger partial charge in [-0.05, 0) is 34.0 Å². The van der Waals surface area contributed by atoms with E-state index in [4.69, 9.17) is 9.84 Å². The molecule has 1 unspecified atom stereocenters. The average Bonchev–Trinajstić information content (AvgIpc) is 2.34. The molecule has 1 aromatic carbocycles. The molecule has 0 radical (unpaired) electrons. The molecule has 0 aliphatic heterocycles. The van der Waals surface area contributed by atoms with E-state index < -0.39 is 5.97 Å². The van der Waals surface area contributed by atoms with Gasteiger partial charge in [0.2, 0.25) is 0 Å². The lowest BCUT2D eigenvalue weighted by Gasteiger charge is -2.14. The molecule has 0 aliphatic carbocycles. The van der Waals surface area contributed by atoms with Gasteiger partial charge in [0.15, 0.2) is 0 Å². The third-order valence-electron chi connectivity index (χ3n) is 2.61. The molecule has 4 heteroatoms. The van der Waals surface area contributed by atoms with Crippen molar-refractivity contribution in [3.8, 4) is 5.75 Å². The minimum Gasteiger partial charge on any atom is -0.492 e. The quantitative estimate of drug-likeness (QED) is 0.808. The largest absolute Gasteiger partial charge is 0.492 e. The smallest absolute Gasteiger partial charge is 0.328 e. The summed E-state index contributed by atoms with van der Waals surface area (Å²) in [5.74, 6) is 0.187. The Kier molecular flexibility index (Phi) is 5.92. The molecule has 0 saturated heterocycles. The molecular weight excluding hydrogens is 296 g/mol. The fourth-order valence-corrected chi connectivity index (χ4v) is 1.81. The topological polar surface area (TPSA) is 46.5 Å². The van der Waals surface area contributed by atoms with Crippen LogP contribution in [-0.4, -0.2) is 17.7 Å². The minimum absolute atomic E-state index is 0.466. The van der Waals surface area contributed by atoms with Crippen molar-refractivity contribution >= 4 is 28.0 Å². The van der Waals surface area contributed by atoms with Crippen LogP contribution in [0.1, 0.15) is 25.8 Å². The predicted molar refractivity (Wildman–Crippen MR) is 75.8 cm³/mol. The Morgan fingerprint density at radius 2 is 2.28 bits per heavy atom. The first-order chi connectivity index (χ1) is 8.54. The second-order valence-corrected chi connectivity index (χ2v) is 5.01. The van der Waals surface area contributed by atoms with Gasteiger partial charge in [-0.25, -0.2) is 4.79 Å². The van der Waals surface area contributed by atoms with E-state index in [0.29, 0.717) is 18.3 Å². The lowest BCUT2D eigenvalue weighted by molar-refractivity contribution is -0.131. The van der Waals surface area contributed by atoms with Gasteiger partial charge in [-0.2, -0.15) is 0 Å². The molecule has 1 atom stereocenters. The molecule has 3 nitrogen and oxygen atoms in total. The van der Waals surface area contributed by atoms with Gasteiger partial charge in [-0.1, -0.05) is 32.4 Å². The van der Waals surface area contributed by atoms with E-state index in [1.54, 1.807) is 6.08 Å². The molecule has 0 aromatic heterocycles. The maximum atomic E-state index is 10.5. The van der Waals surface area contributed by atoms with Gasteiger partial charge in [-0.3, -0.25) is 0 Å². The van der Waals surface area contributed by atoms with Gasteiger partial charge in [0.25, 0.3) is 0 Å². The summed E-state index contributed by atoms with van der Waals surface area (Å²) in [6.45, 7) is 4.84. The first-order valence-electron chi connectivity index (χ1n) is 5.87. The van der Waals surface area contributed by atoms with Crippen molar-refractivity contribution in [2.24, 2.45) is 5.92 Å². The summed E-state index contributed by atoms with van der Waals surface area (Å²) in [6, 6.07) is 5.56. The summed E-state index contributed by atoms with van der Waals surface area (Å²) in [6.07, 6.45) is 3.70. The first-order valence-corrected chi connectivity index (χ1v) is 6.66. The van der Waals surface area contributed by atoms with Crippen LogP contribution in [0.25, 0.3) is 6.08 Å². The van der Waals surface area contributed by atoms with Crippen LogP contribution >= 0.6 is 15.9 Å². The number of carboxylic acids is 1. The highest BCUT2D eigenvalue weighted by Crippen LogP contribution is 2.30. The molecule has 1 N–H and O–H groups in total. The van der Waals surface area contributed by atoms with Crippen LogP contribution < -0.4 is 4.74 Å². The summed E-state index contributed by atoms with van der Waals surface area (Å²) >= 11 is 3.42.